The van der Waals surface area contributed by atoms with Gasteiger partial charge in [-0.25, -0.2) is 9.36 Å². The van der Waals surface area contributed by atoms with Crippen molar-refractivity contribution in [1.29, 1.82) is 0 Å². The van der Waals surface area contributed by atoms with Crippen LogP contribution in [0.1, 0.15) is 43.3 Å². The maximum Gasteiger partial charge on any atom is 0.229 e. The first-order chi connectivity index (χ1) is 10.9. The van der Waals surface area contributed by atoms with Crippen LogP contribution in [0.4, 0.5) is 0 Å². The molecule has 114 valence electrons. The minimum atomic E-state index is 0.474. The smallest absolute Gasteiger partial charge is 0.229 e. The number of hydrogen-bond donors (Lipinski definition) is 0. The second kappa shape index (κ2) is 6.00. The molecule has 0 unspecified atom stereocenters. The van der Waals surface area contributed by atoms with Gasteiger partial charge in [-0.3, -0.25) is 0 Å². The Morgan fingerprint density at radius 3 is 3.05 bits per heavy atom. The van der Waals surface area contributed by atoms with Crippen molar-refractivity contribution in [2.24, 2.45) is 0 Å². The Labute approximate surface area is 132 Å². The topological polar surface area (TPSA) is 69.6 Å². The lowest BCUT2D eigenvalue weighted by Crippen LogP contribution is -2.03. The van der Waals surface area contributed by atoms with E-state index >= 15 is 0 Å². The molecule has 7 heteroatoms. The number of imidazole rings is 1. The largest absolute Gasteiger partial charge is 0.339 e. The molecule has 0 saturated heterocycles. The lowest BCUT2D eigenvalue weighted by molar-refractivity contribution is 0.349. The van der Waals surface area contributed by atoms with Crippen molar-refractivity contribution >= 4 is 11.5 Å². The summed E-state index contributed by atoms with van der Waals surface area (Å²) in [6.07, 6.45) is 11.3. The molecule has 0 amide bonds. The first-order valence-corrected chi connectivity index (χ1v) is 8.47. The molecule has 4 rings (SSSR count). The van der Waals surface area contributed by atoms with Gasteiger partial charge in [-0.1, -0.05) is 18.0 Å². The fraction of sp³-hybridized carbons (Fsp3) is 0.467. The van der Waals surface area contributed by atoms with Crippen molar-refractivity contribution in [3.63, 3.8) is 0 Å². The molecule has 1 saturated carbocycles. The first-order valence-electron chi connectivity index (χ1n) is 7.63. The van der Waals surface area contributed by atoms with Crippen LogP contribution in [0.25, 0.3) is 11.4 Å². The molecule has 3 aromatic rings. The summed E-state index contributed by atoms with van der Waals surface area (Å²) in [6.45, 7) is 0.787. The quantitative estimate of drug-likeness (QED) is 0.722. The van der Waals surface area contributed by atoms with Gasteiger partial charge in [-0.2, -0.15) is 4.98 Å². The summed E-state index contributed by atoms with van der Waals surface area (Å²) in [7, 11) is 0. The van der Waals surface area contributed by atoms with Crippen LogP contribution in [0.5, 0.6) is 0 Å². The van der Waals surface area contributed by atoms with Crippen LogP contribution in [0, 0.1) is 0 Å². The molecular formula is C15H17N5OS. The third-order valence-electron chi connectivity index (χ3n) is 4.17. The Hall–Kier alpha value is -2.02. The Morgan fingerprint density at radius 2 is 2.23 bits per heavy atom. The van der Waals surface area contributed by atoms with Gasteiger partial charge >= 0.3 is 0 Å². The van der Waals surface area contributed by atoms with Crippen LogP contribution in [0.15, 0.2) is 28.5 Å². The Balaban J connectivity index is 1.44. The fourth-order valence-electron chi connectivity index (χ4n) is 2.99. The van der Waals surface area contributed by atoms with E-state index in [1.165, 1.54) is 37.2 Å². The highest BCUT2D eigenvalue weighted by Crippen LogP contribution is 2.32. The van der Waals surface area contributed by atoms with Crippen molar-refractivity contribution in [1.82, 2.24) is 24.1 Å². The van der Waals surface area contributed by atoms with Gasteiger partial charge in [0, 0.05) is 42.2 Å². The summed E-state index contributed by atoms with van der Waals surface area (Å²) >= 11 is 1.44. The van der Waals surface area contributed by atoms with Crippen molar-refractivity contribution in [3.8, 4) is 11.4 Å². The van der Waals surface area contributed by atoms with Gasteiger partial charge in [-0.05, 0) is 24.4 Å². The standard InChI is InChI=1S/C15H17N5OS/c1-2-4-11(3-1)15-18-13(19-21-15)5-7-20-8-6-16-14(20)12-9-17-22-10-12/h6,8-11H,1-5,7H2. The van der Waals surface area contributed by atoms with Crippen LogP contribution in [0.2, 0.25) is 0 Å². The van der Waals surface area contributed by atoms with Gasteiger partial charge in [0.1, 0.15) is 5.82 Å². The molecule has 1 aliphatic rings. The molecule has 0 aliphatic heterocycles. The molecule has 1 fully saturated rings. The molecule has 0 atom stereocenters. The Bertz CT molecular complexity index is 727. The predicted molar refractivity (Wildman–Crippen MR) is 82.5 cm³/mol. The molecule has 22 heavy (non-hydrogen) atoms. The third-order valence-corrected chi connectivity index (χ3v) is 4.76. The highest BCUT2D eigenvalue weighted by atomic mass is 32.1. The summed E-state index contributed by atoms with van der Waals surface area (Å²) in [4.78, 5) is 8.97. The Morgan fingerprint density at radius 1 is 1.32 bits per heavy atom. The van der Waals surface area contributed by atoms with Gasteiger partial charge in [-0.15, -0.1) is 0 Å². The van der Waals surface area contributed by atoms with Crippen molar-refractivity contribution < 1.29 is 4.52 Å². The van der Waals surface area contributed by atoms with Crippen molar-refractivity contribution in [2.75, 3.05) is 0 Å². The molecular weight excluding hydrogens is 298 g/mol. The average molecular weight is 315 g/mol. The second-order valence-electron chi connectivity index (χ2n) is 5.64. The van der Waals surface area contributed by atoms with E-state index in [4.69, 9.17) is 4.52 Å². The van der Waals surface area contributed by atoms with E-state index in [2.05, 4.69) is 24.1 Å². The molecule has 3 heterocycles. The van der Waals surface area contributed by atoms with Crippen LogP contribution in [0.3, 0.4) is 0 Å². The van der Waals surface area contributed by atoms with Gasteiger partial charge in [0.25, 0.3) is 0 Å². The van der Waals surface area contributed by atoms with E-state index in [9.17, 15) is 0 Å². The molecule has 6 nitrogen and oxygen atoms in total. The summed E-state index contributed by atoms with van der Waals surface area (Å²) in [5.41, 5.74) is 1.05. The minimum absolute atomic E-state index is 0.474. The number of hydrogen-bond acceptors (Lipinski definition) is 6. The van der Waals surface area contributed by atoms with Crippen LogP contribution < -0.4 is 0 Å². The van der Waals surface area contributed by atoms with Crippen molar-refractivity contribution in [2.45, 2.75) is 44.6 Å². The molecule has 1 aliphatic carbocycles. The molecule has 0 radical (unpaired) electrons. The summed E-state index contributed by atoms with van der Waals surface area (Å²) in [5, 5.41) is 6.13. The molecule has 0 aromatic carbocycles. The van der Waals surface area contributed by atoms with E-state index < -0.39 is 0 Å². The lowest BCUT2D eigenvalue weighted by atomic mass is 10.1. The monoisotopic (exact) mass is 315 g/mol. The number of aromatic nitrogens is 5. The second-order valence-corrected chi connectivity index (χ2v) is 6.29. The number of rotatable bonds is 5. The summed E-state index contributed by atoms with van der Waals surface area (Å²) < 4.78 is 11.7. The summed E-state index contributed by atoms with van der Waals surface area (Å²) in [6, 6.07) is 0. The maximum atomic E-state index is 5.43. The maximum absolute atomic E-state index is 5.43. The zero-order chi connectivity index (χ0) is 14.8. The van der Waals surface area contributed by atoms with E-state index in [1.807, 2.05) is 24.0 Å². The van der Waals surface area contributed by atoms with Crippen LogP contribution >= 0.6 is 11.5 Å². The van der Waals surface area contributed by atoms with Crippen molar-refractivity contribution in [3.05, 3.63) is 35.7 Å². The normalized spacial score (nSPS) is 15.6. The zero-order valence-electron chi connectivity index (χ0n) is 12.2. The minimum Gasteiger partial charge on any atom is -0.339 e. The lowest BCUT2D eigenvalue weighted by Gasteiger charge is -2.04. The van der Waals surface area contributed by atoms with Crippen LogP contribution in [-0.2, 0) is 13.0 Å². The molecule has 0 bridgehead atoms. The Kier molecular flexibility index (Phi) is 3.72. The zero-order valence-corrected chi connectivity index (χ0v) is 13.0. The molecule has 3 aromatic heterocycles. The number of nitrogens with zero attached hydrogens (tertiary/aromatic N) is 5. The first kappa shape index (κ1) is 13.6. The van der Waals surface area contributed by atoms with E-state index in [-0.39, 0.29) is 0 Å². The predicted octanol–water partition coefficient (Wildman–Crippen LogP) is 3.29. The van der Waals surface area contributed by atoms with Gasteiger partial charge in [0.05, 0.1) is 6.20 Å². The SMILES string of the molecule is c1cn(CCc2noc(C3CCCC3)n2)c(-c2cnsc2)n1. The molecule has 0 N–H and O–H groups in total. The molecule has 0 spiro atoms. The fourth-order valence-corrected chi connectivity index (χ4v) is 3.51. The summed E-state index contributed by atoms with van der Waals surface area (Å²) in [5.74, 6) is 3.01. The highest BCUT2D eigenvalue weighted by molar-refractivity contribution is 7.03. The van der Waals surface area contributed by atoms with Gasteiger partial charge in [0.15, 0.2) is 5.82 Å². The van der Waals surface area contributed by atoms with Gasteiger partial charge in [0.2, 0.25) is 5.89 Å². The van der Waals surface area contributed by atoms with E-state index in [0.717, 1.165) is 36.1 Å². The third kappa shape index (κ3) is 2.68. The number of aryl methyl sites for hydroxylation is 2. The highest BCUT2D eigenvalue weighted by Gasteiger charge is 2.22. The average Bonchev–Trinajstić information content (AvgIpc) is 3.33. The van der Waals surface area contributed by atoms with E-state index in [0.29, 0.717) is 5.92 Å². The van der Waals surface area contributed by atoms with Crippen LogP contribution in [-0.4, -0.2) is 24.1 Å². The van der Waals surface area contributed by atoms with E-state index in [1.54, 1.807) is 0 Å². The van der Waals surface area contributed by atoms with Gasteiger partial charge < -0.3 is 9.09 Å².